The first-order chi connectivity index (χ1) is 7.59. The molecule has 2 atom stereocenters. The maximum Gasteiger partial charge on any atom is 0.308 e. The molecule has 0 spiro atoms. The van der Waals surface area contributed by atoms with Crippen LogP contribution in [0.5, 0.6) is 0 Å². The van der Waals surface area contributed by atoms with E-state index in [9.17, 15) is 9.18 Å². The van der Waals surface area contributed by atoms with Crippen LogP contribution >= 0.6 is 15.9 Å². The number of rotatable bonds is 3. The molecule has 0 bridgehead atoms. The third-order valence-electron chi connectivity index (χ3n) is 2.88. The van der Waals surface area contributed by atoms with Crippen LogP contribution in [0, 0.1) is 11.7 Å². The lowest BCUT2D eigenvalue weighted by molar-refractivity contribution is -0.144. The number of carbonyl (C=O) groups is 1. The molecule has 0 aliphatic heterocycles. The van der Waals surface area contributed by atoms with Gasteiger partial charge in [-0.3, -0.25) is 4.79 Å². The van der Waals surface area contributed by atoms with Crippen molar-refractivity contribution in [1.29, 1.82) is 0 Å². The van der Waals surface area contributed by atoms with Gasteiger partial charge >= 0.3 is 5.97 Å². The second kappa shape index (κ2) is 4.41. The second-order valence-electron chi connectivity index (χ2n) is 3.87. The van der Waals surface area contributed by atoms with Crippen LogP contribution in [0.3, 0.4) is 0 Å². The lowest BCUT2D eigenvalue weighted by Gasteiger charge is -2.35. The summed E-state index contributed by atoms with van der Waals surface area (Å²) in [5.74, 6) is -1.60. The Bertz CT molecular complexity index is 404. The van der Waals surface area contributed by atoms with Crippen molar-refractivity contribution in [1.82, 2.24) is 0 Å². The summed E-state index contributed by atoms with van der Waals surface area (Å²) < 4.78 is 14.1. The van der Waals surface area contributed by atoms with E-state index in [2.05, 4.69) is 21.2 Å². The molecular weight excluding hydrogens is 277 g/mol. The predicted molar refractivity (Wildman–Crippen MR) is 61.9 cm³/mol. The van der Waals surface area contributed by atoms with Crippen molar-refractivity contribution < 1.29 is 14.3 Å². The van der Waals surface area contributed by atoms with Crippen molar-refractivity contribution in [3.8, 4) is 0 Å². The molecule has 0 aromatic heterocycles. The second-order valence-corrected chi connectivity index (χ2v) is 4.72. The molecule has 16 heavy (non-hydrogen) atoms. The molecule has 1 fully saturated rings. The lowest BCUT2D eigenvalue weighted by Crippen LogP contribution is -2.43. The first kappa shape index (κ1) is 11.4. The van der Waals surface area contributed by atoms with E-state index < -0.39 is 11.9 Å². The normalized spacial score (nSPS) is 23.6. The summed E-state index contributed by atoms with van der Waals surface area (Å²) in [5.41, 5.74) is 0.346. The van der Waals surface area contributed by atoms with Gasteiger partial charge in [0.25, 0.3) is 0 Å². The third-order valence-corrected chi connectivity index (χ3v) is 3.54. The highest BCUT2D eigenvalue weighted by Crippen LogP contribution is 2.34. The van der Waals surface area contributed by atoms with Gasteiger partial charge in [0.2, 0.25) is 0 Å². The van der Waals surface area contributed by atoms with Gasteiger partial charge in [-0.2, -0.15) is 0 Å². The third kappa shape index (κ3) is 2.04. The zero-order chi connectivity index (χ0) is 11.7. The summed E-state index contributed by atoms with van der Waals surface area (Å²) >= 11 is 3.24. The Morgan fingerprint density at radius 1 is 1.50 bits per heavy atom. The fourth-order valence-corrected chi connectivity index (χ4v) is 2.25. The highest BCUT2D eigenvalue weighted by Gasteiger charge is 2.37. The molecule has 2 rings (SSSR count). The molecule has 1 aliphatic carbocycles. The van der Waals surface area contributed by atoms with Crippen LogP contribution in [0.4, 0.5) is 10.1 Å². The van der Waals surface area contributed by atoms with Gasteiger partial charge in [0.05, 0.1) is 11.6 Å². The molecule has 1 aromatic carbocycles. The van der Waals surface area contributed by atoms with Gasteiger partial charge in [-0.1, -0.05) is 6.07 Å². The van der Waals surface area contributed by atoms with E-state index in [0.717, 1.165) is 6.42 Å². The summed E-state index contributed by atoms with van der Waals surface area (Å²) in [6.45, 7) is 0. The maximum atomic E-state index is 13.5. The Balaban J connectivity index is 2.13. The van der Waals surface area contributed by atoms with E-state index in [0.29, 0.717) is 16.6 Å². The van der Waals surface area contributed by atoms with Crippen LogP contribution in [-0.4, -0.2) is 17.1 Å². The molecule has 5 heteroatoms. The maximum absolute atomic E-state index is 13.5. The highest BCUT2D eigenvalue weighted by molar-refractivity contribution is 9.10. The summed E-state index contributed by atoms with van der Waals surface area (Å²) in [4.78, 5) is 10.8. The summed E-state index contributed by atoms with van der Waals surface area (Å²) in [6, 6.07) is 4.49. The predicted octanol–water partition coefficient (Wildman–Crippen LogP) is 2.86. The average Bonchev–Trinajstić information content (AvgIpc) is 2.14. The van der Waals surface area contributed by atoms with Gasteiger partial charge < -0.3 is 10.4 Å². The van der Waals surface area contributed by atoms with Crippen LogP contribution in [0.15, 0.2) is 22.7 Å². The molecule has 2 unspecified atom stereocenters. The van der Waals surface area contributed by atoms with Crippen molar-refractivity contribution in [3.05, 3.63) is 28.5 Å². The van der Waals surface area contributed by atoms with Crippen molar-refractivity contribution in [2.24, 2.45) is 5.92 Å². The van der Waals surface area contributed by atoms with Crippen molar-refractivity contribution in [2.45, 2.75) is 18.9 Å². The number of nitrogens with one attached hydrogen (secondary N) is 1. The summed E-state index contributed by atoms with van der Waals surface area (Å²) in [7, 11) is 0. The number of benzene rings is 1. The fourth-order valence-electron chi connectivity index (χ4n) is 1.79. The van der Waals surface area contributed by atoms with Crippen molar-refractivity contribution in [2.75, 3.05) is 5.32 Å². The van der Waals surface area contributed by atoms with E-state index in [1.807, 2.05) is 0 Å². The number of aliphatic carboxylic acids is 1. The van der Waals surface area contributed by atoms with Gasteiger partial charge in [0, 0.05) is 10.5 Å². The number of anilines is 1. The summed E-state index contributed by atoms with van der Waals surface area (Å²) in [5, 5.41) is 11.8. The molecule has 86 valence electrons. The minimum atomic E-state index is -0.823. The first-order valence-electron chi connectivity index (χ1n) is 5.03. The van der Waals surface area contributed by atoms with E-state index in [4.69, 9.17) is 5.11 Å². The lowest BCUT2D eigenvalue weighted by atomic mass is 9.79. The van der Waals surface area contributed by atoms with Crippen molar-refractivity contribution in [3.63, 3.8) is 0 Å². The standard InChI is InChI=1S/C11H11BrFNO2/c12-7-2-1-3-8(13)10(7)14-9-5-4-6(9)11(15)16/h1-3,6,9,14H,4-5H2,(H,15,16). The quantitative estimate of drug-likeness (QED) is 0.899. The Morgan fingerprint density at radius 2 is 2.25 bits per heavy atom. The Hall–Kier alpha value is -1.10. The molecule has 0 amide bonds. The average molecular weight is 288 g/mol. The molecular formula is C11H11BrFNO2. The number of halogens is 2. The molecule has 3 nitrogen and oxygen atoms in total. The largest absolute Gasteiger partial charge is 0.481 e. The zero-order valence-electron chi connectivity index (χ0n) is 8.41. The molecule has 0 heterocycles. The van der Waals surface area contributed by atoms with Gasteiger partial charge in [-0.15, -0.1) is 0 Å². The van der Waals surface area contributed by atoms with E-state index in [1.54, 1.807) is 12.1 Å². The topological polar surface area (TPSA) is 49.3 Å². The monoisotopic (exact) mass is 287 g/mol. The van der Waals surface area contributed by atoms with Gasteiger partial charge in [0.15, 0.2) is 0 Å². The summed E-state index contributed by atoms with van der Waals surface area (Å²) in [6.07, 6.45) is 1.41. The van der Waals surface area contributed by atoms with Crippen molar-refractivity contribution >= 4 is 27.6 Å². The molecule has 0 saturated heterocycles. The minimum absolute atomic E-state index is 0.175. The van der Waals surface area contributed by atoms with E-state index in [-0.39, 0.29) is 11.9 Å². The number of para-hydroxylation sites is 1. The van der Waals surface area contributed by atoms with Crippen LogP contribution in [0.2, 0.25) is 0 Å². The van der Waals surface area contributed by atoms with E-state index >= 15 is 0 Å². The van der Waals surface area contributed by atoms with E-state index in [1.165, 1.54) is 6.07 Å². The van der Waals surface area contributed by atoms with Crippen LogP contribution < -0.4 is 5.32 Å². The number of carboxylic acid groups (broad SMARTS) is 1. The minimum Gasteiger partial charge on any atom is -0.481 e. The molecule has 2 N–H and O–H groups in total. The number of carboxylic acids is 1. The van der Waals surface area contributed by atoms with Crippen LogP contribution in [-0.2, 0) is 4.79 Å². The van der Waals surface area contributed by atoms with Gasteiger partial charge in [-0.25, -0.2) is 4.39 Å². The fraction of sp³-hybridized carbons (Fsp3) is 0.364. The number of hydrogen-bond acceptors (Lipinski definition) is 2. The van der Waals surface area contributed by atoms with Gasteiger partial charge in [-0.05, 0) is 40.9 Å². The SMILES string of the molecule is O=C(O)C1CCC1Nc1c(F)cccc1Br. The highest BCUT2D eigenvalue weighted by atomic mass is 79.9. The first-order valence-corrected chi connectivity index (χ1v) is 5.82. The smallest absolute Gasteiger partial charge is 0.308 e. The van der Waals surface area contributed by atoms with Gasteiger partial charge in [0.1, 0.15) is 5.82 Å². The Labute approximate surface area is 101 Å². The number of hydrogen-bond donors (Lipinski definition) is 2. The van der Waals surface area contributed by atoms with Crippen LogP contribution in [0.25, 0.3) is 0 Å². The van der Waals surface area contributed by atoms with Crippen LogP contribution in [0.1, 0.15) is 12.8 Å². The molecule has 1 aliphatic rings. The molecule has 1 aromatic rings. The Morgan fingerprint density at radius 3 is 2.75 bits per heavy atom. The Kier molecular flexibility index (Phi) is 3.14. The zero-order valence-corrected chi connectivity index (χ0v) is 10.00. The molecule has 1 saturated carbocycles. The molecule has 0 radical (unpaired) electrons.